The summed E-state index contributed by atoms with van der Waals surface area (Å²) in [4.78, 5) is 0. The Morgan fingerprint density at radius 3 is 2.53 bits per heavy atom. The Morgan fingerprint density at radius 1 is 1.21 bits per heavy atom. The fourth-order valence-electron chi connectivity index (χ4n) is 1.73. The van der Waals surface area contributed by atoms with Crippen molar-refractivity contribution < 1.29 is 9.13 Å². The normalized spacial score (nSPS) is 11.4. The number of rotatable bonds is 4. The van der Waals surface area contributed by atoms with Crippen molar-refractivity contribution in [3.63, 3.8) is 0 Å². The van der Waals surface area contributed by atoms with Gasteiger partial charge in [-0.25, -0.2) is 4.39 Å². The third-order valence-corrected chi connectivity index (χ3v) is 2.71. The topological polar surface area (TPSA) is 45.0 Å². The molecule has 4 heteroatoms. The fourth-order valence-corrected chi connectivity index (χ4v) is 1.73. The van der Waals surface area contributed by atoms with E-state index in [4.69, 9.17) is 4.74 Å². The first kappa shape index (κ1) is 12.9. The van der Waals surface area contributed by atoms with Gasteiger partial charge >= 0.3 is 0 Å². The van der Waals surface area contributed by atoms with Crippen molar-refractivity contribution >= 4 is 5.69 Å². The van der Waals surface area contributed by atoms with Crippen LogP contribution >= 0.6 is 0 Å². The van der Waals surface area contributed by atoms with E-state index in [1.807, 2.05) is 12.1 Å². The Morgan fingerprint density at radius 2 is 1.95 bits per heavy atom. The highest BCUT2D eigenvalue weighted by Gasteiger charge is 2.10. The largest absolute Gasteiger partial charge is 0.497 e. The summed E-state index contributed by atoms with van der Waals surface area (Å²) < 4.78 is 18.2. The number of nitrogens with one attached hydrogen (secondary N) is 1. The third kappa shape index (κ3) is 3.23. The van der Waals surface area contributed by atoms with E-state index >= 15 is 0 Å². The molecule has 1 unspecified atom stereocenters. The molecule has 0 aliphatic rings. The second-order valence-electron chi connectivity index (χ2n) is 3.99. The van der Waals surface area contributed by atoms with Gasteiger partial charge in [0.1, 0.15) is 17.6 Å². The van der Waals surface area contributed by atoms with Crippen LogP contribution in [-0.2, 0) is 0 Å². The molecule has 0 amide bonds. The second kappa shape index (κ2) is 5.87. The standard InChI is InChI=1S/C15H13FN2O/c1-19-14-7-5-13(6-8-14)18-15(10-17)11-3-2-4-12(16)9-11/h2-9,15,18H,1H3. The molecule has 0 saturated heterocycles. The van der Waals surface area contributed by atoms with E-state index in [0.29, 0.717) is 5.56 Å². The van der Waals surface area contributed by atoms with Gasteiger partial charge in [-0.3, -0.25) is 0 Å². The van der Waals surface area contributed by atoms with Gasteiger partial charge in [-0.15, -0.1) is 0 Å². The Balaban J connectivity index is 2.17. The molecule has 0 spiro atoms. The van der Waals surface area contributed by atoms with Crippen LogP contribution in [0.1, 0.15) is 11.6 Å². The molecule has 3 nitrogen and oxygen atoms in total. The van der Waals surface area contributed by atoms with Crippen molar-refractivity contribution in [3.05, 3.63) is 59.9 Å². The first-order chi connectivity index (χ1) is 9.22. The first-order valence-corrected chi connectivity index (χ1v) is 5.78. The van der Waals surface area contributed by atoms with Crippen LogP contribution in [0.3, 0.4) is 0 Å². The molecule has 2 rings (SSSR count). The number of methoxy groups -OCH3 is 1. The zero-order chi connectivity index (χ0) is 13.7. The molecule has 0 heterocycles. The molecule has 0 saturated carbocycles. The number of hydrogen-bond donors (Lipinski definition) is 1. The average Bonchev–Trinajstić information content (AvgIpc) is 2.45. The molecule has 96 valence electrons. The van der Waals surface area contributed by atoms with Crippen molar-refractivity contribution in [2.75, 3.05) is 12.4 Å². The van der Waals surface area contributed by atoms with Gasteiger partial charge in [-0.1, -0.05) is 12.1 Å². The maximum absolute atomic E-state index is 13.1. The van der Waals surface area contributed by atoms with Crippen molar-refractivity contribution in [1.82, 2.24) is 0 Å². The van der Waals surface area contributed by atoms with Gasteiger partial charge in [0.2, 0.25) is 0 Å². The van der Waals surface area contributed by atoms with Crippen LogP contribution in [-0.4, -0.2) is 7.11 Å². The molecule has 1 atom stereocenters. The van der Waals surface area contributed by atoms with Crippen molar-refractivity contribution in [2.45, 2.75) is 6.04 Å². The highest BCUT2D eigenvalue weighted by molar-refractivity contribution is 5.49. The number of nitriles is 1. The Bertz CT molecular complexity index is 590. The summed E-state index contributed by atoms with van der Waals surface area (Å²) in [6.07, 6.45) is 0. The van der Waals surface area contributed by atoms with Gasteiger partial charge in [0.15, 0.2) is 0 Å². The van der Waals surface area contributed by atoms with Gasteiger partial charge < -0.3 is 10.1 Å². The lowest BCUT2D eigenvalue weighted by Gasteiger charge is -2.13. The van der Waals surface area contributed by atoms with Gasteiger partial charge in [0, 0.05) is 5.69 Å². The maximum Gasteiger partial charge on any atom is 0.140 e. The molecule has 0 radical (unpaired) electrons. The van der Waals surface area contributed by atoms with Crippen LogP contribution in [0.25, 0.3) is 0 Å². The number of ether oxygens (including phenoxy) is 1. The lowest BCUT2D eigenvalue weighted by molar-refractivity contribution is 0.415. The van der Waals surface area contributed by atoms with Crippen molar-refractivity contribution in [2.24, 2.45) is 0 Å². The minimum Gasteiger partial charge on any atom is -0.497 e. The summed E-state index contributed by atoms with van der Waals surface area (Å²) in [6.45, 7) is 0. The predicted molar refractivity (Wildman–Crippen MR) is 71.4 cm³/mol. The summed E-state index contributed by atoms with van der Waals surface area (Å²) in [5, 5.41) is 12.2. The number of anilines is 1. The molecule has 0 aliphatic carbocycles. The van der Waals surface area contributed by atoms with Crippen LogP contribution < -0.4 is 10.1 Å². The maximum atomic E-state index is 13.1. The molecule has 19 heavy (non-hydrogen) atoms. The monoisotopic (exact) mass is 256 g/mol. The van der Waals surface area contributed by atoms with Gasteiger partial charge in [-0.05, 0) is 42.0 Å². The number of nitrogens with zero attached hydrogens (tertiary/aromatic N) is 1. The summed E-state index contributed by atoms with van der Waals surface area (Å²) in [6, 6.07) is 14.7. The lowest BCUT2D eigenvalue weighted by Crippen LogP contribution is -2.08. The van der Waals surface area contributed by atoms with Crippen molar-refractivity contribution in [1.29, 1.82) is 5.26 Å². The summed E-state index contributed by atoms with van der Waals surface area (Å²) >= 11 is 0. The van der Waals surface area contributed by atoms with E-state index < -0.39 is 6.04 Å². The van der Waals surface area contributed by atoms with E-state index in [1.165, 1.54) is 12.1 Å². The predicted octanol–water partition coefficient (Wildman–Crippen LogP) is 3.51. The minimum atomic E-state index is -0.593. The Kier molecular flexibility index (Phi) is 3.99. The zero-order valence-corrected chi connectivity index (χ0v) is 10.4. The molecule has 0 aromatic heterocycles. The minimum absolute atomic E-state index is 0.353. The van der Waals surface area contributed by atoms with E-state index in [2.05, 4.69) is 11.4 Å². The molecular formula is C15H13FN2O. The molecular weight excluding hydrogens is 243 g/mol. The second-order valence-corrected chi connectivity index (χ2v) is 3.99. The van der Waals surface area contributed by atoms with Gasteiger partial charge in [0.05, 0.1) is 13.2 Å². The number of hydrogen-bond acceptors (Lipinski definition) is 3. The quantitative estimate of drug-likeness (QED) is 0.910. The molecule has 1 N–H and O–H groups in total. The Labute approximate surface area is 111 Å². The number of halogens is 1. The van der Waals surface area contributed by atoms with Crippen LogP contribution in [0, 0.1) is 17.1 Å². The first-order valence-electron chi connectivity index (χ1n) is 5.78. The third-order valence-electron chi connectivity index (χ3n) is 2.71. The highest BCUT2D eigenvalue weighted by Crippen LogP contribution is 2.21. The zero-order valence-electron chi connectivity index (χ0n) is 10.4. The van der Waals surface area contributed by atoms with Gasteiger partial charge in [-0.2, -0.15) is 5.26 Å². The van der Waals surface area contributed by atoms with Crippen LogP contribution in [0.5, 0.6) is 5.75 Å². The molecule has 0 fully saturated rings. The van der Waals surface area contributed by atoms with Crippen LogP contribution in [0.2, 0.25) is 0 Å². The fraction of sp³-hybridized carbons (Fsp3) is 0.133. The average molecular weight is 256 g/mol. The summed E-state index contributed by atoms with van der Waals surface area (Å²) in [5.74, 6) is 0.388. The van der Waals surface area contributed by atoms with E-state index in [1.54, 1.807) is 31.4 Å². The van der Waals surface area contributed by atoms with E-state index in [0.717, 1.165) is 11.4 Å². The molecule has 2 aromatic carbocycles. The van der Waals surface area contributed by atoms with Gasteiger partial charge in [0.25, 0.3) is 0 Å². The molecule has 0 aliphatic heterocycles. The highest BCUT2D eigenvalue weighted by atomic mass is 19.1. The molecule has 2 aromatic rings. The summed E-state index contributed by atoms with van der Waals surface area (Å²) in [5.41, 5.74) is 1.37. The SMILES string of the molecule is COc1ccc(NC(C#N)c2cccc(F)c2)cc1. The van der Waals surface area contributed by atoms with Crippen LogP contribution in [0.4, 0.5) is 10.1 Å². The Hall–Kier alpha value is -2.54. The lowest BCUT2D eigenvalue weighted by atomic mass is 10.1. The van der Waals surface area contributed by atoms with Crippen LogP contribution in [0.15, 0.2) is 48.5 Å². The van der Waals surface area contributed by atoms with E-state index in [9.17, 15) is 9.65 Å². The number of benzene rings is 2. The van der Waals surface area contributed by atoms with Crippen molar-refractivity contribution in [3.8, 4) is 11.8 Å². The van der Waals surface area contributed by atoms with E-state index in [-0.39, 0.29) is 5.82 Å². The molecule has 0 bridgehead atoms. The smallest absolute Gasteiger partial charge is 0.140 e. The summed E-state index contributed by atoms with van der Waals surface area (Å²) in [7, 11) is 1.59.